The Balaban J connectivity index is 2.02. The molecular weight excluding hydrogens is 314 g/mol. The zero-order valence-electron chi connectivity index (χ0n) is 16.5. The van der Waals surface area contributed by atoms with E-state index < -0.39 is 11.5 Å². The van der Waals surface area contributed by atoms with Crippen molar-refractivity contribution in [2.24, 2.45) is 28.2 Å². The summed E-state index contributed by atoms with van der Waals surface area (Å²) in [5.74, 6) is 0.464. The fraction of sp³-hybridized carbons (Fsp3) is 0.900. The molecule has 1 aliphatic carbocycles. The van der Waals surface area contributed by atoms with Crippen LogP contribution in [0.25, 0.3) is 0 Å². The smallest absolute Gasteiger partial charge is 0.240 e. The third-order valence-corrected chi connectivity index (χ3v) is 6.33. The Hall–Kier alpha value is -1.10. The Labute approximate surface area is 152 Å². The first-order valence-electron chi connectivity index (χ1n) is 9.96. The molecule has 0 aromatic carbocycles. The summed E-state index contributed by atoms with van der Waals surface area (Å²) in [6, 6.07) is -0.392. The second-order valence-electron chi connectivity index (χ2n) is 9.44. The van der Waals surface area contributed by atoms with Gasteiger partial charge >= 0.3 is 0 Å². The Morgan fingerprint density at radius 1 is 1.28 bits per heavy atom. The number of amides is 2. The van der Waals surface area contributed by atoms with Gasteiger partial charge in [0.2, 0.25) is 11.8 Å². The lowest BCUT2D eigenvalue weighted by molar-refractivity contribution is -0.143. The van der Waals surface area contributed by atoms with Crippen LogP contribution in [0.15, 0.2) is 0 Å². The SMILES string of the molecule is CCCCC1CC(C[C@H]2CCCN2C(=O)[C@@H](N)C(C)(C)C)(C(N)=O)C1. The van der Waals surface area contributed by atoms with E-state index in [9.17, 15) is 9.59 Å². The molecule has 1 saturated heterocycles. The van der Waals surface area contributed by atoms with Gasteiger partial charge in [-0.15, -0.1) is 0 Å². The summed E-state index contributed by atoms with van der Waals surface area (Å²) in [4.78, 5) is 27.0. The maximum atomic E-state index is 12.9. The minimum absolute atomic E-state index is 0.0245. The standard InChI is InChI=1S/C20H37N3O2/c1-5-6-8-14-11-20(12-14,18(22)25)13-15-9-7-10-23(15)17(24)16(21)19(2,3)4/h14-16H,5-13,21H2,1-4H3,(H2,22,25)/t14?,15-,16-,20?/m1/s1. The Morgan fingerprint density at radius 3 is 2.44 bits per heavy atom. The van der Waals surface area contributed by atoms with Crippen molar-refractivity contribution in [2.75, 3.05) is 6.54 Å². The molecule has 2 fully saturated rings. The van der Waals surface area contributed by atoms with Crippen LogP contribution in [0.4, 0.5) is 0 Å². The van der Waals surface area contributed by atoms with E-state index in [2.05, 4.69) is 6.92 Å². The third-order valence-electron chi connectivity index (χ3n) is 6.33. The van der Waals surface area contributed by atoms with Crippen molar-refractivity contribution in [2.45, 2.75) is 91.1 Å². The monoisotopic (exact) mass is 351 g/mol. The van der Waals surface area contributed by atoms with Crippen molar-refractivity contribution in [1.29, 1.82) is 0 Å². The van der Waals surface area contributed by atoms with Crippen LogP contribution in [0.5, 0.6) is 0 Å². The zero-order valence-corrected chi connectivity index (χ0v) is 16.5. The van der Waals surface area contributed by atoms with Crippen LogP contribution in [-0.2, 0) is 9.59 Å². The quantitative estimate of drug-likeness (QED) is 0.739. The van der Waals surface area contributed by atoms with E-state index in [1.54, 1.807) is 0 Å². The first-order valence-corrected chi connectivity index (χ1v) is 9.96. The number of primary amides is 1. The van der Waals surface area contributed by atoms with Crippen LogP contribution in [0.1, 0.15) is 79.1 Å². The van der Waals surface area contributed by atoms with Gasteiger partial charge in [-0.2, -0.15) is 0 Å². The van der Waals surface area contributed by atoms with E-state index in [1.807, 2.05) is 25.7 Å². The minimum atomic E-state index is -0.503. The van der Waals surface area contributed by atoms with Crippen LogP contribution in [0.2, 0.25) is 0 Å². The number of hydrogen-bond donors (Lipinski definition) is 2. The number of carbonyl (C=O) groups excluding carboxylic acids is 2. The van der Waals surface area contributed by atoms with Gasteiger partial charge in [-0.25, -0.2) is 0 Å². The number of unbranched alkanes of at least 4 members (excludes halogenated alkanes) is 1. The first-order chi connectivity index (χ1) is 11.6. The van der Waals surface area contributed by atoms with Gasteiger partial charge in [-0.3, -0.25) is 9.59 Å². The van der Waals surface area contributed by atoms with E-state index in [0.717, 1.165) is 32.2 Å². The van der Waals surface area contributed by atoms with E-state index in [-0.39, 0.29) is 23.3 Å². The average molecular weight is 352 g/mol. The van der Waals surface area contributed by atoms with Crippen LogP contribution < -0.4 is 11.5 Å². The molecule has 2 rings (SSSR count). The van der Waals surface area contributed by atoms with Crippen molar-refractivity contribution < 1.29 is 9.59 Å². The fourth-order valence-electron chi connectivity index (χ4n) is 4.55. The number of nitrogens with zero attached hydrogens (tertiary/aromatic N) is 1. The maximum absolute atomic E-state index is 12.9. The molecule has 144 valence electrons. The average Bonchev–Trinajstić information content (AvgIpc) is 2.94. The summed E-state index contributed by atoms with van der Waals surface area (Å²) < 4.78 is 0. The Bertz CT molecular complexity index is 492. The van der Waals surface area contributed by atoms with Crippen LogP contribution in [0.3, 0.4) is 0 Å². The van der Waals surface area contributed by atoms with Crippen LogP contribution in [0, 0.1) is 16.7 Å². The van der Waals surface area contributed by atoms with Crippen molar-refractivity contribution >= 4 is 11.8 Å². The molecular formula is C20H37N3O2. The molecule has 0 spiro atoms. The number of nitrogens with two attached hydrogens (primary N) is 2. The van der Waals surface area contributed by atoms with Gasteiger partial charge in [0, 0.05) is 12.6 Å². The molecule has 0 aromatic heterocycles. The highest BCUT2D eigenvalue weighted by Crippen LogP contribution is 2.52. The molecule has 4 N–H and O–H groups in total. The number of rotatable bonds is 7. The lowest BCUT2D eigenvalue weighted by atomic mass is 9.57. The highest BCUT2D eigenvalue weighted by Gasteiger charge is 2.51. The minimum Gasteiger partial charge on any atom is -0.369 e. The maximum Gasteiger partial charge on any atom is 0.240 e. The third kappa shape index (κ3) is 4.36. The molecule has 2 amide bonds. The molecule has 5 nitrogen and oxygen atoms in total. The van der Waals surface area contributed by atoms with Crippen LogP contribution in [-0.4, -0.2) is 35.3 Å². The lowest BCUT2D eigenvalue weighted by Gasteiger charge is -2.48. The molecule has 1 heterocycles. The molecule has 1 saturated carbocycles. The number of hydrogen-bond acceptors (Lipinski definition) is 3. The predicted molar refractivity (Wildman–Crippen MR) is 101 cm³/mol. The molecule has 0 bridgehead atoms. The molecule has 2 aliphatic rings. The van der Waals surface area contributed by atoms with Gasteiger partial charge in [-0.05, 0) is 43.4 Å². The van der Waals surface area contributed by atoms with E-state index in [4.69, 9.17) is 11.5 Å². The summed E-state index contributed by atoms with van der Waals surface area (Å²) in [5, 5.41) is 0. The van der Waals surface area contributed by atoms with E-state index in [1.165, 1.54) is 19.3 Å². The van der Waals surface area contributed by atoms with Gasteiger partial charge < -0.3 is 16.4 Å². The highest BCUT2D eigenvalue weighted by atomic mass is 16.2. The predicted octanol–water partition coefficient (Wildman–Crippen LogP) is 2.81. The summed E-state index contributed by atoms with van der Waals surface area (Å²) in [5.41, 5.74) is 11.3. The van der Waals surface area contributed by atoms with Crippen molar-refractivity contribution in [3.05, 3.63) is 0 Å². The van der Waals surface area contributed by atoms with Gasteiger partial charge in [0.05, 0.1) is 11.5 Å². The number of carbonyl (C=O) groups is 2. The summed E-state index contributed by atoms with van der Waals surface area (Å²) in [6.45, 7) is 8.93. The second-order valence-corrected chi connectivity index (χ2v) is 9.44. The topological polar surface area (TPSA) is 89.4 Å². The second kappa shape index (κ2) is 7.65. The van der Waals surface area contributed by atoms with Gasteiger partial charge in [0.1, 0.15) is 0 Å². The van der Waals surface area contributed by atoms with Gasteiger partial charge in [0.15, 0.2) is 0 Å². The van der Waals surface area contributed by atoms with Crippen molar-refractivity contribution in [3.63, 3.8) is 0 Å². The molecule has 25 heavy (non-hydrogen) atoms. The van der Waals surface area contributed by atoms with Crippen LogP contribution >= 0.6 is 0 Å². The molecule has 0 aromatic rings. The molecule has 1 aliphatic heterocycles. The Morgan fingerprint density at radius 2 is 1.92 bits per heavy atom. The number of likely N-dealkylation sites (tertiary alicyclic amines) is 1. The fourth-order valence-corrected chi connectivity index (χ4v) is 4.55. The highest BCUT2D eigenvalue weighted by molar-refractivity contribution is 5.84. The summed E-state index contributed by atoms with van der Waals surface area (Å²) in [7, 11) is 0. The van der Waals surface area contributed by atoms with Gasteiger partial charge in [0.25, 0.3) is 0 Å². The van der Waals surface area contributed by atoms with E-state index >= 15 is 0 Å². The largest absolute Gasteiger partial charge is 0.369 e. The normalized spacial score (nSPS) is 30.8. The van der Waals surface area contributed by atoms with Crippen molar-refractivity contribution in [1.82, 2.24) is 4.90 Å². The Kier molecular flexibility index (Phi) is 6.18. The molecule has 2 atom stereocenters. The zero-order chi connectivity index (χ0) is 18.8. The van der Waals surface area contributed by atoms with Crippen molar-refractivity contribution in [3.8, 4) is 0 Å². The molecule has 5 heteroatoms. The molecule has 0 radical (unpaired) electrons. The molecule has 0 unspecified atom stereocenters. The summed E-state index contributed by atoms with van der Waals surface area (Å²) >= 11 is 0. The summed E-state index contributed by atoms with van der Waals surface area (Å²) in [6.07, 6.45) is 8.04. The van der Waals surface area contributed by atoms with Gasteiger partial charge in [-0.1, -0.05) is 47.0 Å². The first kappa shape index (κ1) is 20.2. The lowest BCUT2D eigenvalue weighted by Crippen LogP contribution is -2.55. The van der Waals surface area contributed by atoms with E-state index in [0.29, 0.717) is 12.3 Å².